The van der Waals surface area contributed by atoms with E-state index < -0.39 is 0 Å². The Morgan fingerprint density at radius 2 is 1.74 bits per heavy atom. The summed E-state index contributed by atoms with van der Waals surface area (Å²) in [6.45, 7) is 1.10. The maximum absolute atomic E-state index is 12.0. The number of ether oxygens (including phenoxy) is 2. The van der Waals surface area contributed by atoms with E-state index in [0.717, 1.165) is 10.6 Å². The molecule has 0 saturated heterocycles. The Kier molecular flexibility index (Phi) is 5.20. The van der Waals surface area contributed by atoms with Crippen LogP contribution < -0.4 is 14.8 Å². The molecule has 2 aromatic carbocycles. The molecule has 23 heavy (non-hydrogen) atoms. The van der Waals surface area contributed by atoms with Crippen LogP contribution in [0.4, 0.5) is 5.69 Å². The van der Waals surface area contributed by atoms with Gasteiger partial charge in [0.25, 0.3) is 0 Å². The molecule has 0 unspecified atom stereocenters. The van der Waals surface area contributed by atoms with Gasteiger partial charge in [-0.3, -0.25) is 4.79 Å². The second-order valence-corrected chi connectivity index (χ2v) is 6.72. The molecule has 0 bridgehead atoms. The predicted octanol–water partition coefficient (Wildman–Crippen LogP) is 4.50. The fourth-order valence-corrected chi connectivity index (χ4v) is 3.34. The predicted molar refractivity (Wildman–Crippen MR) is 93.2 cm³/mol. The fraction of sp³-hybridized carbons (Fsp3) is 0.188. The molecule has 3 rings (SSSR count). The van der Waals surface area contributed by atoms with Crippen molar-refractivity contribution in [1.29, 1.82) is 0 Å². The van der Waals surface area contributed by atoms with Crippen LogP contribution in [0.5, 0.6) is 11.5 Å². The normalized spacial score (nSPS) is 12.8. The zero-order valence-corrected chi connectivity index (χ0v) is 14.3. The van der Waals surface area contributed by atoms with Crippen LogP contribution in [-0.4, -0.2) is 24.9 Å². The molecular formula is C16H13Cl2NO3S. The Morgan fingerprint density at radius 1 is 1.04 bits per heavy atom. The smallest absolute Gasteiger partial charge is 0.234 e. The number of benzene rings is 2. The van der Waals surface area contributed by atoms with E-state index >= 15 is 0 Å². The zero-order valence-electron chi connectivity index (χ0n) is 12.0. The Labute approximate surface area is 148 Å². The minimum Gasteiger partial charge on any atom is -0.486 e. The van der Waals surface area contributed by atoms with Gasteiger partial charge in [-0.05, 0) is 36.4 Å². The summed E-state index contributed by atoms with van der Waals surface area (Å²) >= 11 is 13.2. The fourth-order valence-electron chi connectivity index (χ4n) is 2.09. The summed E-state index contributed by atoms with van der Waals surface area (Å²) in [5.74, 6) is 1.58. The molecule has 0 fully saturated rings. The van der Waals surface area contributed by atoms with Gasteiger partial charge >= 0.3 is 0 Å². The largest absolute Gasteiger partial charge is 0.486 e. The number of amides is 1. The van der Waals surface area contributed by atoms with Crippen molar-refractivity contribution in [2.45, 2.75) is 4.90 Å². The number of fused-ring (bicyclic) bond motifs is 1. The third-order valence-electron chi connectivity index (χ3n) is 3.03. The molecule has 2 aromatic rings. The molecule has 0 atom stereocenters. The summed E-state index contributed by atoms with van der Waals surface area (Å²) in [7, 11) is 0. The van der Waals surface area contributed by atoms with E-state index in [9.17, 15) is 4.79 Å². The average Bonchev–Trinajstić information content (AvgIpc) is 2.52. The van der Waals surface area contributed by atoms with Crippen LogP contribution in [0.15, 0.2) is 41.3 Å². The number of thioether (sulfide) groups is 1. The van der Waals surface area contributed by atoms with Gasteiger partial charge in [0.2, 0.25) is 5.91 Å². The van der Waals surface area contributed by atoms with Crippen LogP contribution >= 0.6 is 35.0 Å². The number of carbonyl (C=O) groups is 1. The Morgan fingerprint density at radius 3 is 2.48 bits per heavy atom. The first-order valence-corrected chi connectivity index (χ1v) is 8.63. The van der Waals surface area contributed by atoms with E-state index in [1.165, 1.54) is 11.8 Å². The highest BCUT2D eigenvalue weighted by molar-refractivity contribution is 8.00. The summed E-state index contributed by atoms with van der Waals surface area (Å²) in [4.78, 5) is 13.0. The topological polar surface area (TPSA) is 47.6 Å². The van der Waals surface area contributed by atoms with Gasteiger partial charge in [-0.25, -0.2) is 0 Å². The van der Waals surface area contributed by atoms with E-state index in [1.807, 2.05) is 18.2 Å². The average molecular weight is 370 g/mol. The summed E-state index contributed by atoms with van der Waals surface area (Å²) in [5.41, 5.74) is 0.579. The van der Waals surface area contributed by atoms with Crippen LogP contribution in [-0.2, 0) is 4.79 Å². The highest BCUT2D eigenvalue weighted by Crippen LogP contribution is 2.34. The molecule has 1 amide bonds. The Bertz CT molecular complexity index is 719. The van der Waals surface area contributed by atoms with E-state index in [4.69, 9.17) is 32.7 Å². The van der Waals surface area contributed by atoms with Crippen LogP contribution in [0.1, 0.15) is 0 Å². The van der Waals surface area contributed by atoms with Crippen LogP contribution in [0.25, 0.3) is 0 Å². The number of rotatable bonds is 4. The van der Waals surface area contributed by atoms with Gasteiger partial charge in [0, 0.05) is 20.6 Å². The van der Waals surface area contributed by atoms with Crippen molar-refractivity contribution in [2.75, 3.05) is 24.3 Å². The van der Waals surface area contributed by atoms with Gasteiger partial charge in [0.15, 0.2) is 11.5 Å². The van der Waals surface area contributed by atoms with Gasteiger partial charge < -0.3 is 14.8 Å². The van der Waals surface area contributed by atoms with Gasteiger partial charge in [0.1, 0.15) is 13.2 Å². The quantitative estimate of drug-likeness (QED) is 0.806. The SMILES string of the molecule is O=C(CSc1ccc2c(c1)OCCO2)Nc1cc(Cl)cc(Cl)c1. The molecule has 1 N–H and O–H groups in total. The monoisotopic (exact) mass is 369 g/mol. The molecule has 0 aliphatic carbocycles. The second-order valence-electron chi connectivity index (χ2n) is 4.80. The second kappa shape index (κ2) is 7.34. The van der Waals surface area contributed by atoms with Crippen LogP contribution in [0.3, 0.4) is 0 Å². The van der Waals surface area contributed by atoms with Crippen molar-refractivity contribution in [2.24, 2.45) is 0 Å². The first-order chi connectivity index (χ1) is 11.1. The molecule has 1 aliphatic rings. The molecule has 0 radical (unpaired) electrons. The van der Waals surface area contributed by atoms with Gasteiger partial charge in [-0.1, -0.05) is 23.2 Å². The Hall–Kier alpha value is -1.56. The van der Waals surface area contributed by atoms with Crippen molar-refractivity contribution in [1.82, 2.24) is 0 Å². The summed E-state index contributed by atoms with van der Waals surface area (Å²) in [6.07, 6.45) is 0. The Balaban J connectivity index is 1.58. The van der Waals surface area contributed by atoms with Crippen LogP contribution in [0.2, 0.25) is 10.0 Å². The lowest BCUT2D eigenvalue weighted by atomic mass is 10.3. The molecule has 120 valence electrons. The third-order valence-corrected chi connectivity index (χ3v) is 4.46. The number of halogens is 2. The molecule has 0 aromatic heterocycles. The van der Waals surface area contributed by atoms with Crippen LogP contribution in [0, 0.1) is 0 Å². The third kappa shape index (κ3) is 4.47. The van der Waals surface area contributed by atoms with Crippen molar-refractivity contribution >= 4 is 46.6 Å². The number of hydrogen-bond donors (Lipinski definition) is 1. The van der Waals surface area contributed by atoms with Crippen molar-refractivity contribution in [3.63, 3.8) is 0 Å². The highest BCUT2D eigenvalue weighted by atomic mass is 35.5. The maximum Gasteiger partial charge on any atom is 0.234 e. The van der Waals surface area contributed by atoms with Crippen molar-refractivity contribution < 1.29 is 14.3 Å². The number of anilines is 1. The van der Waals surface area contributed by atoms with Gasteiger partial charge in [-0.2, -0.15) is 0 Å². The molecule has 1 heterocycles. The lowest BCUT2D eigenvalue weighted by molar-refractivity contribution is -0.113. The minimum atomic E-state index is -0.136. The molecular weight excluding hydrogens is 357 g/mol. The number of hydrogen-bond acceptors (Lipinski definition) is 4. The molecule has 7 heteroatoms. The van der Waals surface area contributed by atoms with E-state index in [2.05, 4.69) is 5.32 Å². The van der Waals surface area contributed by atoms with E-state index in [-0.39, 0.29) is 11.7 Å². The standard InChI is InChI=1S/C16H13Cl2NO3S/c17-10-5-11(18)7-12(6-10)19-16(20)9-23-13-1-2-14-15(8-13)22-4-3-21-14/h1-2,5-8H,3-4,9H2,(H,19,20). The molecule has 1 aliphatic heterocycles. The first-order valence-electron chi connectivity index (χ1n) is 6.88. The highest BCUT2D eigenvalue weighted by Gasteiger charge is 2.12. The first kappa shape index (κ1) is 16.3. The maximum atomic E-state index is 12.0. The lowest BCUT2D eigenvalue weighted by Crippen LogP contribution is -2.15. The lowest BCUT2D eigenvalue weighted by Gasteiger charge is -2.18. The summed E-state index contributed by atoms with van der Waals surface area (Å²) < 4.78 is 11.0. The molecule has 0 spiro atoms. The van der Waals surface area contributed by atoms with E-state index in [1.54, 1.807) is 18.2 Å². The zero-order chi connectivity index (χ0) is 16.2. The van der Waals surface area contributed by atoms with E-state index in [0.29, 0.717) is 34.7 Å². The molecule has 4 nitrogen and oxygen atoms in total. The summed E-state index contributed by atoms with van der Waals surface area (Å²) in [5, 5.41) is 3.73. The number of carbonyl (C=O) groups excluding carboxylic acids is 1. The summed E-state index contributed by atoms with van der Waals surface area (Å²) in [6, 6.07) is 10.6. The number of nitrogens with one attached hydrogen (secondary N) is 1. The van der Waals surface area contributed by atoms with Gasteiger partial charge in [-0.15, -0.1) is 11.8 Å². The van der Waals surface area contributed by atoms with Crippen molar-refractivity contribution in [3.8, 4) is 11.5 Å². The molecule has 0 saturated carbocycles. The van der Waals surface area contributed by atoms with Gasteiger partial charge in [0.05, 0.1) is 5.75 Å². The van der Waals surface area contributed by atoms with Crippen molar-refractivity contribution in [3.05, 3.63) is 46.4 Å². The minimum absolute atomic E-state index is 0.136.